The molecule has 3 rings (SSSR count). The van der Waals surface area contributed by atoms with Gasteiger partial charge in [0, 0.05) is 25.2 Å². The van der Waals surface area contributed by atoms with Crippen LogP contribution >= 0.6 is 0 Å². The summed E-state index contributed by atoms with van der Waals surface area (Å²) in [6.45, 7) is 2.14. The van der Waals surface area contributed by atoms with Crippen LogP contribution in [0.3, 0.4) is 0 Å². The minimum absolute atomic E-state index is 0.0232. The Morgan fingerprint density at radius 3 is 2.75 bits per heavy atom. The molecule has 0 spiro atoms. The lowest BCUT2D eigenvalue weighted by atomic mass is 10.1. The zero-order valence-electron chi connectivity index (χ0n) is 15.6. The minimum Gasteiger partial charge on any atom is -0.369 e. The Morgan fingerprint density at radius 2 is 2.00 bits per heavy atom. The van der Waals surface area contributed by atoms with Crippen LogP contribution in [-0.2, 0) is 4.79 Å². The van der Waals surface area contributed by atoms with Crippen LogP contribution in [0.25, 0.3) is 11.3 Å². The van der Waals surface area contributed by atoms with Crippen molar-refractivity contribution in [3.8, 4) is 23.4 Å². The Labute approximate surface area is 164 Å². The number of nitrogens with zero attached hydrogens (tertiary/aromatic N) is 4. The molecule has 1 saturated heterocycles. The molecule has 1 aliphatic heterocycles. The van der Waals surface area contributed by atoms with Crippen molar-refractivity contribution in [1.29, 1.82) is 10.5 Å². The summed E-state index contributed by atoms with van der Waals surface area (Å²) in [6.07, 6.45) is 1.66. The minimum atomic E-state index is -0.276. The second-order valence-electron chi connectivity index (χ2n) is 6.58. The molecule has 1 unspecified atom stereocenters. The van der Waals surface area contributed by atoms with Gasteiger partial charge in [0.25, 0.3) is 0 Å². The fourth-order valence-electron chi connectivity index (χ4n) is 3.18. The number of carbonyl (C=O) groups excluding carboxylic acids is 1. The van der Waals surface area contributed by atoms with E-state index in [4.69, 9.17) is 10.5 Å². The number of pyridine rings is 1. The van der Waals surface area contributed by atoms with Crippen molar-refractivity contribution >= 4 is 11.7 Å². The third kappa shape index (κ3) is 4.85. The molecular formula is C21H22N6O. The van der Waals surface area contributed by atoms with Crippen LogP contribution in [0, 0.1) is 22.7 Å². The Balaban J connectivity index is 1.44. The average Bonchev–Trinajstić information content (AvgIpc) is 3.23. The van der Waals surface area contributed by atoms with E-state index in [1.54, 1.807) is 17.0 Å². The van der Waals surface area contributed by atoms with Crippen LogP contribution in [0.5, 0.6) is 0 Å². The first-order valence-corrected chi connectivity index (χ1v) is 9.32. The summed E-state index contributed by atoms with van der Waals surface area (Å²) < 4.78 is 0. The number of hydrogen-bond acceptors (Lipinski definition) is 6. The van der Waals surface area contributed by atoms with Crippen molar-refractivity contribution in [3.05, 3.63) is 48.0 Å². The van der Waals surface area contributed by atoms with E-state index in [0.717, 1.165) is 29.9 Å². The van der Waals surface area contributed by atoms with E-state index in [1.165, 1.54) is 0 Å². The summed E-state index contributed by atoms with van der Waals surface area (Å²) in [6, 6.07) is 17.1. The van der Waals surface area contributed by atoms with Crippen LogP contribution in [0.1, 0.15) is 18.4 Å². The summed E-state index contributed by atoms with van der Waals surface area (Å²) in [5.74, 6) is 0.726. The van der Waals surface area contributed by atoms with Gasteiger partial charge in [-0.15, -0.1) is 0 Å². The highest BCUT2D eigenvalue weighted by Gasteiger charge is 2.27. The fourth-order valence-corrected chi connectivity index (χ4v) is 3.18. The molecule has 7 heteroatoms. The van der Waals surface area contributed by atoms with Gasteiger partial charge in [-0.3, -0.25) is 4.79 Å². The summed E-state index contributed by atoms with van der Waals surface area (Å²) >= 11 is 0. The van der Waals surface area contributed by atoms with Gasteiger partial charge in [0.05, 0.1) is 29.9 Å². The van der Waals surface area contributed by atoms with Gasteiger partial charge in [0.2, 0.25) is 5.91 Å². The molecule has 2 N–H and O–H groups in total. The summed E-state index contributed by atoms with van der Waals surface area (Å²) in [7, 11) is 0. The lowest BCUT2D eigenvalue weighted by molar-refractivity contribution is -0.130. The van der Waals surface area contributed by atoms with Crippen LogP contribution < -0.4 is 10.6 Å². The third-order valence-corrected chi connectivity index (χ3v) is 4.67. The molecule has 1 atom stereocenters. The molecule has 1 aromatic heterocycles. The van der Waals surface area contributed by atoms with Gasteiger partial charge in [-0.05, 0) is 37.1 Å². The van der Waals surface area contributed by atoms with E-state index in [0.29, 0.717) is 25.2 Å². The number of carbonyl (C=O) groups is 1. The normalized spacial score (nSPS) is 15.6. The quantitative estimate of drug-likeness (QED) is 0.720. The molecule has 2 aromatic rings. The summed E-state index contributed by atoms with van der Waals surface area (Å²) in [5.41, 5.74) is 2.40. The molecular weight excluding hydrogens is 352 g/mol. The van der Waals surface area contributed by atoms with Crippen molar-refractivity contribution in [3.63, 3.8) is 0 Å². The molecule has 28 heavy (non-hydrogen) atoms. The molecule has 1 aromatic carbocycles. The molecule has 1 amide bonds. The highest BCUT2D eigenvalue weighted by atomic mass is 16.2. The van der Waals surface area contributed by atoms with E-state index in [1.807, 2.05) is 30.3 Å². The summed E-state index contributed by atoms with van der Waals surface area (Å²) in [5, 5.41) is 24.3. The maximum Gasteiger partial charge on any atom is 0.237 e. The number of rotatable bonds is 7. The van der Waals surface area contributed by atoms with Crippen LogP contribution in [0.2, 0.25) is 0 Å². The van der Waals surface area contributed by atoms with Gasteiger partial charge < -0.3 is 15.5 Å². The monoisotopic (exact) mass is 374 g/mol. The van der Waals surface area contributed by atoms with Gasteiger partial charge in [-0.2, -0.15) is 10.5 Å². The van der Waals surface area contributed by atoms with Gasteiger partial charge >= 0.3 is 0 Å². The number of hydrogen-bond donors (Lipinski definition) is 2. The maximum absolute atomic E-state index is 12.2. The largest absolute Gasteiger partial charge is 0.369 e. The number of benzene rings is 1. The van der Waals surface area contributed by atoms with E-state index in [2.05, 4.69) is 27.8 Å². The zero-order chi connectivity index (χ0) is 19.8. The van der Waals surface area contributed by atoms with Crippen LogP contribution in [0.15, 0.2) is 42.5 Å². The van der Waals surface area contributed by atoms with Crippen molar-refractivity contribution < 1.29 is 4.79 Å². The SMILES string of the molecule is N#Cc1ccc(-c2cccc(NCCNCC(=O)N3CCCC3C#N)n2)cc1. The molecule has 0 bridgehead atoms. The maximum atomic E-state index is 12.2. The van der Waals surface area contributed by atoms with E-state index < -0.39 is 0 Å². The van der Waals surface area contributed by atoms with Crippen molar-refractivity contribution in [2.45, 2.75) is 18.9 Å². The number of likely N-dealkylation sites (tertiary alicyclic amines) is 1. The highest BCUT2D eigenvalue weighted by molar-refractivity contribution is 5.79. The smallest absolute Gasteiger partial charge is 0.237 e. The van der Waals surface area contributed by atoms with Crippen molar-refractivity contribution in [1.82, 2.24) is 15.2 Å². The predicted octanol–water partition coefficient (Wildman–Crippen LogP) is 2.14. The number of anilines is 1. The first-order chi connectivity index (χ1) is 13.7. The lowest BCUT2D eigenvalue weighted by Gasteiger charge is -2.19. The number of nitrogens with one attached hydrogen (secondary N) is 2. The zero-order valence-corrected chi connectivity index (χ0v) is 15.6. The lowest BCUT2D eigenvalue weighted by Crippen LogP contribution is -2.41. The standard InChI is InChI=1S/C21H22N6O/c22-13-16-6-8-17(9-7-16)19-4-1-5-20(26-19)25-11-10-24-15-21(28)27-12-2-3-18(27)14-23/h1,4-9,18,24H,2-3,10-12,15H2,(H,25,26). The molecule has 0 aliphatic carbocycles. The summed E-state index contributed by atoms with van der Waals surface area (Å²) in [4.78, 5) is 18.4. The molecule has 1 fully saturated rings. The van der Waals surface area contributed by atoms with E-state index in [-0.39, 0.29) is 18.5 Å². The second-order valence-corrected chi connectivity index (χ2v) is 6.58. The van der Waals surface area contributed by atoms with Crippen molar-refractivity contribution in [2.75, 3.05) is 31.5 Å². The third-order valence-electron chi connectivity index (χ3n) is 4.67. The molecule has 2 heterocycles. The predicted molar refractivity (Wildman–Crippen MR) is 106 cm³/mol. The Hall–Kier alpha value is -3.42. The number of amides is 1. The first kappa shape index (κ1) is 19.3. The Bertz CT molecular complexity index is 896. The van der Waals surface area contributed by atoms with Gasteiger partial charge in [-0.1, -0.05) is 18.2 Å². The first-order valence-electron chi connectivity index (χ1n) is 9.32. The van der Waals surface area contributed by atoms with Gasteiger partial charge in [0.1, 0.15) is 11.9 Å². The number of nitriles is 2. The Kier molecular flexibility index (Phi) is 6.56. The van der Waals surface area contributed by atoms with Gasteiger partial charge in [-0.25, -0.2) is 4.98 Å². The number of aromatic nitrogens is 1. The van der Waals surface area contributed by atoms with Crippen molar-refractivity contribution in [2.24, 2.45) is 0 Å². The molecule has 142 valence electrons. The molecule has 7 nitrogen and oxygen atoms in total. The molecule has 0 saturated carbocycles. The molecule has 1 aliphatic rings. The van der Waals surface area contributed by atoms with Crippen LogP contribution in [-0.4, -0.2) is 48.0 Å². The second kappa shape index (κ2) is 9.50. The van der Waals surface area contributed by atoms with Crippen LogP contribution in [0.4, 0.5) is 5.82 Å². The highest BCUT2D eigenvalue weighted by Crippen LogP contribution is 2.19. The average molecular weight is 374 g/mol. The van der Waals surface area contributed by atoms with E-state index >= 15 is 0 Å². The fraction of sp³-hybridized carbons (Fsp3) is 0.333. The Morgan fingerprint density at radius 1 is 1.18 bits per heavy atom. The topological polar surface area (TPSA) is 105 Å². The van der Waals surface area contributed by atoms with E-state index in [9.17, 15) is 4.79 Å². The van der Waals surface area contributed by atoms with Gasteiger partial charge in [0.15, 0.2) is 0 Å². The molecule has 0 radical (unpaired) electrons.